The first-order valence-corrected chi connectivity index (χ1v) is 10.3. The zero-order valence-corrected chi connectivity index (χ0v) is 16.4. The van der Waals surface area contributed by atoms with Crippen LogP contribution < -0.4 is 5.32 Å². The van der Waals surface area contributed by atoms with Gasteiger partial charge in [0.2, 0.25) is 5.91 Å². The molecule has 2 aliphatic rings. The number of nitrogens with one attached hydrogen (secondary N) is 1. The number of para-hydroxylation sites is 1. The number of hydrogen-bond donors (Lipinski definition) is 1. The van der Waals surface area contributed by atoms with E-state index in [0.29, 0.717) is 12.6 Å². The van der Waals surface area contributed by atoms with Crippen molar-refractivity contribution in [2.24, 2.45) is 5.92 Å². The first-order chi connectivity index (χ1) is 13.1. The Bertz CT molecular complexity index is 796. The molecule has 1 aromatic heterocycles. The molecule has 2 fully saturated rings. The molecule has 0 radical (unpaired) electrons. The van der Waals surface area contributed by atoms with Crippen LogP contribution in [0.15, 0.2) is 30.3 Å². The molecule has 1 aliphatic carbocycles. The third-order valence-corrected chi connectivity index (χ3v) is 6.26. The lowest BCUT2D eigenvalue weighted by molar-refractivity contribution is -0.118. The highest BCUT2D eigenvalue weighted by Gasteiger charge is 2.34. The number of carbonyl (C=O) groups excluding carboxylic acids is 1. The van der Waals surface area contributed by atoms with Crippen molar-refractivity contribution >= 4 is 11.6 Å². The fourth-order valence-electron chi connectivity index (χ4n) is 4.93. The maximum Gasteiger partial charge on any atom is 0.238 e. The number of aryl methyl sites for hydroxylation is 1. The van der Waals surface area contributed by atoms with Crippen LogP contribution in [0.5, 0.6) is 0 Å². The molecule has 0 spiro atoms. The van der Waals surface area contributed by atoms with Crippen molar-refractivity contribution in [1.82, 2.24) is 14.7 Å². The molecule has 4 rings (SSSR count). The van der Waals surface area contributed by atoms with Crippen molar-refractivity contribution < 1.29 is 4.79 Å². The summed E-state index contributed by atoms with van der Waals surface area (Å²) in [5, 5.41) is 7.78. The topological polar surface area (TPSA) is 50.2 Å². The molecule has 27 heavy (non-hydrogen) atoms. The van der Waals surface area contributed by atoms with Crippen molar-refractivity contribution in [2.45, 2.75) is 58.4 Å². The molecule has 1 aliphatic heterocycles. The summed E-state index contributed by atoms with van der Waals surface area (Å²) in [6.07, 6.45) is 7.82. The summed E-state index contributed by atoms with van der Waals surface area (Å²) in [5.74, 6) is 0.879. The van der Waals surface area contributed by atoms with Gasteiger partial charge in [-0.2, -0.15) is 5.10 Å². The Kier molecular flexibility index (Phi) is 5.30. The van der Waals surface area contributed by atoms with E-state index < -0.39 is 0 Å². The van der Waals surface area contributed by atoms with Crippen molar-refractivity contribution in [3.63, 3.8) is 0 Å². The maximum absolute atomic E-state index is 12.8. The average Bonchev–Trinajstić information content (AvgIpc) is 2.97. The van der Waals surface area contributed by atoms with Gasteiger partial charge < -0.3 is 5.32 Å². The van der Waals surface area contributed by atoms with Crippen LogP contribution in [0.4, 0.5) is 5.69 Å². The molecule has 1 N–H and O–H groups in total. The minimum absolute atomic E-state index is 0.0834. The van der Waals surface area contributed by atoms with E-state index in [1.165, 1.54) is 38.5 Å². The molecule has 1 aromatic carbocycles. The second-order valence-corrected chi connectivity index (χ2v) is 8.07. The number of benzene rings is 1. The van der Waals surface area contributed by atoms with Crippen molar-refractivity contribution in [2.75, 3.05) is 18.4 Å². The van der Waals surface area contributed by atoms with Crippen LogP contribution in [-0.4, -0.2) is 39.7 Å². The first-order valence-electron chi connectivity index (χ1n) is 10.3. The molecular formula is C22H30N4O. The average molecular weight is 367 g/mol. The summed E-state index contributed by atoms with van der Waals surface area (Å²) in [6.45, 7) is 5.52. The van der Waals surface area contributed by atoms with E-state index in [4.69, 9.17) is 0 Å². The van der Waals surface area contributed by atoms with Crippen LogP contribution >= 0.6 is 0 Å². The first kappa shape index (κ1) is 18.2. The van der Waals surface area contributed by atoms with Crippen LogP contribution in [0.1, 0.15) is 49.9 Å². The van der Waals surface area contributed by atoms with Crippen LogP contribution in [0.2, 0.25) is 0 Å². The molecule has 2 atom stereocenters. The number of fused-ring (bicyclic) bond motifs is 1. The van der Waals surface area contributed by atoms with Gasteiger partial charge in [-0.15, -0.1) is 0 Å². The molecule has 0 bridgehead atoms. The zero-order valence-electron chi connectivity index (χ0n) is 16.4. The highest BCUT2D eigenvalue weighted by molar-refractivity contribution is 5.93. The Morgan fingerprint density at radius 1 is 1.11 bits per heavy atom. The van der Waals surface area contributed by atoms with Gasteiger partial charge in [-0.1, -0.05) is 31.0 Å². The van der Waals surface area contributed by atoms with Crippen LogP contribution in [0, 0.1) is 19.8 Å². The van der Waals surface area contributed by atoms with Gasteiger partial charge >= 0.3 is 0 Å². The SMILES string of the molecule is Cc1nn(-c2ccccc2)c(C)c1NC(=O)CN1CCC[C@@H]2CCCC[C@@H]21. The van der Waals surface area contributed by atoms with E-state index >= 15 is 0 Å². The van der Waals surface area contributed by atoms with Gasteiger partial charge in [-0.05, 0) is 64.1 Å². The number of anilines is 1. The number of aromatic nitrogens is 2. The lowest BCUT2D eigenvalue weighted by Gasteiger charge is -2.43. The van der Waals surface area contributed by atoms with E-state index in [1.807, 2.05) is 48.9 Å². The summed E-state index contributed by atoms with van der Waals surface area (Å²) in [5.41, 5.74) is 3.70. The van der Waals surface area contributed by atoms with Gasteiger partial charge in [-0.3, -0.25) is 9.69 Å². The number of piperidine rings is 1. The molecule has 1 amide bonds. The third kappa shape index (κ3) is 3.79. The van der Waals surface area contributed by atoms with Crippen LogP contribution in [0.25, 0.3) is 5.69 Å². The van der Waals surface area contributed by atoms with E-state index in [2.05, 4.69) is 15.3 Å². The molecule has 5 heteroatoms. The number of hydrogen-bond acceptors (Lipinski definition) is 3. The molecule has 1 saturated carbocycles. The second-order valence-electron chi connectivity index (χ2n) is 8.07. The third-order valence-electron chi connectivity index (χ3n) is 6.26. The summed E-state index contributed by atoms with van der Waals surface area (Å²) in [4.78, 5) is 15.2. The summed E-state index contributed by atoms with van der Waals surface area (Å²) in [7, 11) is 0. The maximum atomic E-state index is 12.8. The number of likely N-dealkylation sites (tertiary alicyclic amines) is 1. The summed E-state index contributed by atoms with van der Waals surface area (Å²) < 4.78 is 1.91. The minimum Gasteiger partial charge on any atom is -0.322 e. The Balaban J connectivity index is 1.46. The van der Waals surface area contributed by atoms with E-state index in [-0.39, 0.29) is 5.91 Å². The zero-order chi connectivity index (χ0) is 18.8. The van der Waals surface area contributed by atoms with Crippen molar-refractivity contribution in [3.8, 4) is 5.69 Å². The van der Waals surface area contributed by atoms with E-state index in [1.54, 1.807) is 0 Å². The molecular weight excluding hydrogens is 336 g/mol. The Morgan fingerprint density at radius 3 is 2.67 bits per heavy atom. The van der Waals surface area contributed by atoms with Crippen molar-refractivity contribution in [1.29, 1.82) is 0 Å². The highest BCUT2D eigenvalue weighted by atomic mass is 16.2. The monoisotopic (exact) mass is 366 g/mol. The van der Waals surface area contributed by atoms with Crippen LogP contribution in [-0.2, 0) is 4.79 Å². The fourth-order valence-corrected chi connectivity index (χ4v) is 4.93. The molecule has 0 unspecified atom stereocenters. The highest BCUT2D eigenvalue weighted by Crippen LogP contribution is 2.35. The Morgan fingerprint density at radius 2 is 1.85 bits per heavy atom. The molecule has 2 aromatic rings. The van der Waals surface area contributed by atoms with Gasteiger partial charge in [0.25, 0.3) is 0 Å². The number of carbonyl (C=O) groups is 1. The Labute approximate surface area is 161 Å². The fraction of sp³-hybridized carbons (Fsp3) is 0.545. The van der Waals surface area contributed by atoms with E-state index in [0.717, 1.165) is 35.2 Å². The predicted molar refractivity (Wildman–Crippen MR) is 108 cm³/mol. The Hall–Kier alpha value is -2.14. The second kappa shape index (κ2) is 7.85. The predicted octanol–water partition coefficient (Wildman–Crippen LogP) is 4.08. The number of nitrogens with zero attached hydrogens (tertiary/aromatic N) is 3. The van der Waals surface area contributed by atoms with Gasteiger partial charge in [0, 0.05) is 6.04 Å². The van der Waals surface area contributed by atoms with Crippen LogP contribution in [0.3, 0.4) is 0 Å². The number of rotatable bonds is 4. The molecule has 2 heterocycles. The number of amides is 1. The lowest BCUT2D eigenvalue weighted by atomic mass is 9.78. The quantitative estimate of drug-likeness (QED) is 0.887. The smallest absolute Gasteiger partial charge is 0.238 e. The minimum atomic E-state index is 0.0834. The molecule has 144 valence electrons. The van der Waals surface area contributed by atoms with Gasteiger partial charge in [0.05, 0.1) is 29.3 Å². The van der Waals surface area contributed by atoms with Gasteiger partial charge in [-0.25, -0.2) is 4.68 Å². The van der Waals surface area contributed by atoms with E-state index in [9.17, 15) is 4.79 Å². The largest absolute Gasteiger partial charge is 0.322 e. The lowest BCUT2D eigenvalue weighted by Crippen LogP contribution is -2.49. The molecule has 5 nitrogen and oxygen atoms in total. The van der Waals surface area contributed by atoms with Gasteiger partial charge in [0.1, 0.15) is 0 Å². The molecule has 1 saturated heterocycles. The summed E-state index contributed by atoms with van der Waals surface area (Å²) >= 11 is 0. The summed E-state index contributed by atoms with van der Waals surface area (Å²) in [6, 6.07) is 10.7. The normalized spacial score (nSPS) is 23.0. The van der Waals surface area contributed by atoms with Gasteiger partial charge in [0.15, 0.2) is 0 Å². The standard InChI is InChI=1S/C22H30N4O/c1-16-22(17(2)26(24-16)19-11-4-3-5-12-19)23-21(27)15-25-14-8-10-18-9-6-7-13-20(18)25/h3-5,11-12,18,20H,6-10,13-15H2,1-2H3,(H,23,27)/t18-,20-/m0/s1. The van der Waals surface area contributed by atoms with Crippen molar-refractivity contribution in [3.05, 3.63) is 41.7 Å².